The fourth-order valence-electron chi connectivity index (χ4n) is 4.89. The Morgan fingerprint density at radius 2 is 1.72 bits per heavy atom. The highest BCUT2D eigenvalue weighted by Gasteiger charge is 2.45. The summed E-state index contributed by atoms with van der Waals surface area (Å²) in [6, 6.07) is 10.8. The van der Waals surface area contributed by atoms with Gasteiger partial charge in [0, 0.05) is 19.1 Å². The van der Waals surface area contributed by atoms with Crippen molar-refractivity contribution in [1.82, 2.24) is 4.72 Å². The van der Waals surface area contributed by atoms with Crippen molar-refractivity contribution in [3.05, 3.63) is 53.8 Å². The average Bonchev–Trinajstić information content (AvgIpc) is 2.79. The van der Waals surface area contributed by atoms with E-state index in [1.807, 2.05) is 6.92 Å². The maximum Gasteiger partial charge on any atom is 0.240 e. The summed E-state index contributed by atoms with van der Waals surface area (Å²) in [5.74, 6) is -0.929. The molecule has 4 rings (SSSR count). The minimum absolute atomic E-state index is 0.197. The molecule has 0 radical (unpaired) electrons. The van der Waals surface area contributed by atoms with E-state index in [4.69, 9.17) is 5.73 Å². The van der Waals surface area contributed by atoms with Crippen LogP contribution in [0.5, 0.6) is 0 Å². The Kier molecular flexibility index (Phi) is 6.13. The molecule has 2 aromatic carbocycles. The number of benzene rings is 2. The maximum absolute atomic E-state index is 13.3. The molecule has 2 aliphatic rings. The van der Waals surface area contributed by atoms with Crippen molar-refractivity contribution in [3.63, 3.8) is 0 Å². The van der Waals surface area contributed by atoms with Crippen LogP contribution < -0.4 is 21.1 Å². The Morgan fingerprint density at radius 3 is 2.34 bits per heavy atom. The molecule has 1 aliphatic carbocycles. The molecule has 0 bridgehead atoms. The summed E-state index contributed by atoms with van der Waals surface area (Å²) in [5.41, 5.74) is 7.54. The zero-order valence-corrected chi connectivity index (χ0v) is 18.8. The zero-order chi connectivity index (χ0) is 22.9. The van der Waals surface area contributed by atoms with Gasteiger partial charge in [-0.05, 0) is 67.5 Å². The lowest BCUT2D eigenvalue weighted by Crippen LogP contribution is -2.48. The lowest BCUT2D eigenvalue weighted by Gasteiger charge is -2.42. The number of nitrogens with one attached hydrogen (secondary N) is 3. The summed E-state index contributed by atoms with van der Waals surface area (Å²) in [5, 5.41) is 6.43. The normalized spacial score (nSPS) is 24.0. The minimum Gasteiger partial charge on any atom is -0.382 e. The summed E-state index contributed by atoms with van der Waals surface area (Å²) in [6.07, 6.45) is 1.92. The lowest BCUT2D eigenvalue weighted by molar-refractivity contribution is -0.131. The van der Waals surface area contributed by atoms with Crippen LogP contribution in [0.4, 0.5) is 15.8 Å². The van der Waals surface area contributed by atoms with Crippen LogP contribution in [0.1, 0.15) is 44.1 Å². The summed E-state index contributed by atoms with van der Waals surface area (Å²) in [7, 11) is -3.70. The molecule has 0 saturated heterocycles. The number of amides is 1. The third-order valence-corrected chi connectivity index (χ3v) is 8.46. The Bertz CT molecular complexity index is 1100. The summed E-state index contributed by atoms with van der Waals surface area (Å²) >= 11 is 0. The first-order chi connectivity index (χ1) is 15.2. The number of fused-ring (bicyclic) bond motifs is 1. The topological polar surface area (TPSA) is 113 Å². The molecule has 5 N–H and O–H groups in total. The molecule has 32 heavy (non-hydrogen) atoms. The Labute approximate surface area is 188 Å². The van der Waals surface area contributed by atoms with E-state index in [-0.39, 0.29) is 22.7 Å². The van der Waals surface area contributed by atoms with Crippen LogP contribution in [0, 0.1) is 11.2 Å². The molecule has 1 saturated carbocycles. The smallest absolute Gasteiger partial charge is 0.240 e. The number of carbonyl (C=O) groups is 1. The average molecular weight is 461 g/mol. The molecular formula is C23H29FN4O3S. The fraction of sp³-hybridized carbons (Fsp3) is 0.435. The van der Waals surface area contributed by atoms with Crippen LogP contribution >= 0.6 is 0 Å². The van der Waals surface area contributed by atoms with Gasteiger partial charge in [-0.25, -0.2) is 17.5 Å². The highest BCUT2D eigenvalue weighted by atomic mass is 32.2. The van der Waals surface area contributed by atoms with Gasteiger partial charge in [0.15, 0.2) is 0 Å². The Hall–Kier alpha value is -2.65. The molecule has 7 nitrogen and oxygen atoms in total. The van der Waals surface area contributed by atoms with Crippen LogP contribution in [-0.2, 0) is 14.8 Å². The van der Waals surface area contributed by atoms with E-state index in [0.29, 0.717) is 25.7 Å². The monoisotopic (exact) mass is 460 g/mol. The van der Waals surface area contributed by atoms with Gasteiger partial charge in [-0.2, -0.15) is 0 Å². The van der Waals surface area contributed by atoms with Crippen molar-refractivity contribution in [2.45, 2.75) is 49.5 Å². The van der Waals surface area contributed by atoms with Crippen LogP contribution in [0.15, 0.2) is 47.4 Å². The van der Waals surface area contributed by atoms with E-state index in [0.717, 1.165) is 30.0 Å². The molecule has 1 fully saturated rings. The van der Waals surface area contributed by atoms with E-state index in [9.17, 15) is 17.6 Å². The second-order valence-electron chi connectivity index (χ2n) is 8.75. The number of rotatable bonds is 6. The van der Waals surface area contributed by atoms with E-state index < -0.39 is 21.3 Å². The molecule has 0 unspecified atom stereocenters. The van der Waals surface area contributed by atoms with Crippen LogP contribution in [0.25, 0.3) is 0 Å². The molecule has 1 atom stereocenters. The first-order valence-electron chi connectivity index (χ1n) is 10.9. The van der Waals surface area contributed by atoms with Crippen molar-refractivity contribution in [1.29, 1.82) is 0 Å². The van der Waals surface area contributed by atoms with Gasteiger partial charge < -0.3 is 16.4 Å². The molecule has 0 spiro atoms. The molecule has 1 amide bonds. The van der Waals surface area contributed by atoms with Crippen molar-refractivity contribution < 1.29 is 17.6 Å². The van der Waals surface area contributed by atoms with Gasteiger partial charge >= 0.3 is 0 Å². The number of hydrogen-bond acceptors (Lipinski definition) is 5. The summed E-state index contributed by atoms with van der Waals surface area (Å²) in [4.78, 5) is 12.7. The van der Waals surface area contributed by atoms with Crippen LogP contribution in [-0.4, -0.2) is 33.5 Å². The van der Waals surface area contributed by atoms with Gasteiger partial charge in [0.2, 0.25) is 15.9 Å². The minimum atomic E-state index is -3.70. The van der Waals surface area contributed by atoms with Gasteiger partial charge in [-0.3, -0.25) is 4.79 Å². The van der Waals surface area contributed by atoms with E-state index in [1.165, 1.54) is 12.1 Å². The first kappa shape index (κ1) is 22.5. The van der Waals surface area contributed by atoms with Crippen molar-refractivity contribution in [2.24, 2.45) is 11.1 Å². The third kappa shape index (κ3) is 4.31. The quantitative estimate of drug-likeness (QED) is 0.529. The third-order valence-electron chi connectivity index (χ3n) is 6.95. The molecule has 9 heteroatoms. The molecular weight excluding hydrogens is 431 g/mol. The van der Waals surface area contributed by atoms with Gasteiger partial charge in [0.05, 0.1) is 21.7 Å². The standard InChI is InChI=1S/C23H29FN4O3S/c1-15(16-2-4-17(24)5-3-16)23(22(25)29)10-8-18(9-11-23)28-32(30,31)19-6-7-20-21(14-19)27-13-12-26-20/h2-7,14-15,18,26-28H,8-13H2,1H3,(H2,25,29)/t15-,18?,23?/m1/s1. The molecule has 2 aromatic rings. The maximum atomic E-state index is 13.3. The number of primary amides is 1. The van der Waals surface area contributed by atoms with Crippen LogP contribution in [0.2, 0.25) is 0 Å². The van der Waals surface area contributed by atoms with Crippen molar-refractivity contribution in [2.75, 3.05) is 23.7 Å². The van der Waals surface area contributed by atoms with Gasteiger partial charge in [0.25, 0.3) is 0 Å². The first-order valence-corrected chi connectivity index (χ1v) is 12.4. The van der Waals surface area contributed by atoms with Crippen LogP contribution in [0.3, 0.4) is 0 Å². The summed E-state index contributed by atoms with van der Waals surface area (Å²) in [6.45, 7) is 3.45. The molecule has 1 aliphatic heterocycles. The second-order valence-corrected chi connectivity index (χ2v) is 10.5. The highest BCUT2D eigenvalue weighted by molar-refractivity contribution is 7.89. The highest BCUT2D eigenvalue weighted by Crippen LogP contribution is 2.47. The zero-order valence-electron chi connectivity index (χ0n) is 18.0. The van der Waals surface area contributed by atoms with Crippen molar-refractivity contribution >= 4 is 27.3 Å². The number of halogens is 1. The lowest BCUT2D eigenvalue weighted by atomic mass is 9.63. The number of hydrogen-bond donors (Lipinski definition) is 4. The second kappa shape index (κ2) is 8.71. The van der Waals surface area contributed by atoms with Gasteiger partial charge in [-0.15, -0.1) is 0 Å². The SMILES string of the molecule is C[C@H](c1ccc(F)cc1)C1(C(N)=O)CCC(NS(=O)(=O)c2ccc3c(c2)NCCN3)CC1. The van der Waals surface area contributed by atoms with Gasteiger partial charge in [-0.1, -0.05) is 19.1 Å². The van der Waals surface area contributed by atoms with E-state index in [2.05, 4.69) is 15.4 Å². The molecule has 1 heterocycles. The Balaban J connectivity index is 1.47. The van der Waals surface area contributed by atoms with Gasteiger partial charge in [0.1, 0.15) is 5.82 Å². The van der Waals surface area contributed by atoms with E-state index in [1.54, 1.807) is 30.3 Å². The number of nitrogens with two attached hydrogens (primary N) is 1. The van der Waals surface area contributed by atoms with E-state index >= 15 is 0 Å². The molecule has 0 aromatic heterocycles. The number of sulfonamides is 1. The Morgan fingerprint density at radius 1 is 1.09 bits per heavy atom. The largest absolute Gasteiger partial charge is 0.382 e. The predicted molar refractivity (Wildman–Crippen MR) is 122 cm³/mol. The summed E-state index contributed by atoms with van der Waals surface area (Å²) < 4.78 is 42.1. The number of anilines is 2. The number of carbonyl (C=O) groups excluding carboxylic acids is 1. The predicted octanol–water partition coefficient (Wildman–Crippen LogP) is 3.16. The molecule has 172 valence electrons. The fourth-order valence-corrected chi connectivity index (χ4v) is 6.22. The van der Waals surface area contributed by atoms with Crippen molar-refractivity contribution in [3.8, 4) is 0 Å².